The van der Waals surface area contributed by atoms with Gasteiger partial charge in [0.1, 0.15) is 0 Å². The van der Waals surface area contributed by atoms with Gasteiger partial charge >= 0.3 is 0 Å². The SMILES string of the molecule is CN(C)Cc1ccccc1C(N)=NO. The molecule has 1 aromatic rings. The highest BCUT2D eigenvalue weighted by Crippen LogP contribution is 2.09. The highest BCUT2D eigenvalue weighted by Gasteiger charge is 2.06. The first-order valence-corrected chi connectivity index (χ1v) is 4.35. The van der Waals surface area contributed by atoms with Gasteiger partial charge in [-0.05, 0) is 19.7 Å². The second-order valence-electron chi connectivity index (χ2n) is 3.38. The monoisotopic (exact) mass is 193 g/mol. The average molecular weight is 193 g/mol. The number of nitrogens with zero attached hydrogens (tertiary/aromatic N) is 2. The molecule has 0 radical (unpaired) electrons. The summed E-state index contributed by atoms with van der Waals surface area (Å²) in [6.45, 7) is 0.770. The summed E-state index contributed by atoms with van der Waals surface area (Å²) in [4.78, 5) is 2.03. The van der Waals surface area contributed by atoms with E-state index in [0.29, 0.717) is 0 Å². The smallest absolute Gasteiger partial charge is 0.170 e. The largest absolute Gasteiger partial charge is 0.409 e. The Morgan fingerprint density at radius 2 is 2.07 bits per heavy atom. The number of benzene rings is 1. The molecule has 3 N–H and O–H groups in total. The minimum Gasteiger partial charge on any atom is -0.409 e. The van der Waals surface area contributed by atoms with Crippen LogP contribution in [0.15, 0.2) is 29.4 Å². The summed E-state index contributed by atoms with van der Waals surface area (Å²) in [5, 5.41) is 11.6. The predicted molar refractivity (Wildman–Crippen MR) is 56.3 cm³/mol. The second-order valence-corrected chi connectivity index (χ2v) is 3.38. The number of hydrogen-bond acceptors (Lipinski definition) is 3. The van der Waals surface area contributed by atoms with E-state index >= 15 is 0 Å². The molecule has 0 aliphatic carbocycles. The van der Waals surface area contributed by atoms with E-state index in [-0.39, 0.29) is 5.84 Å². The van der Waals surface area contributed by atoms with E-state index in [9.17, 15) is 0 Å². The molecule has 0 amide bonds. The first kappa shape index (κ1) is 10.5. The van der Waals surface area contributed by atoms with Gasteiger partial charge in [0.2, 0.25) is 0 Å². The van der Waals surface area contributed by atoms with Gasteiger partial charge in [-0.25, -0.2) is 0 Å². The quantitative estimate of drug-likeness (QED) is 0.324. The zero-order valence-corrected chi connectivity index (χ0v) is 8.44. The van der Waals surface area contributed by atoms with Crippen molar-refractivity contribution in [2.45, 2.75) is 6.54 Å². The van der Waals surface area contributed by atoms with E-state index in [0.717, 1.165) is 17.7 Å². The Balaban J connectivity index is 3.03. The molecule has 0 spiro atoms. The van der Waals surface area contributed by atoms with Crippen LogP contribution in [0.3, 0.4) is 0 Å². The fraction of sp³-hybridized carbons (Fsp3) is 0.300. The molecule has 14 heavy (non-hydrogen) atoms. The van der Waals surface area contributed by atoms with Crippen molar-refractivity contribution < 1.29 is 5.21 Å². The molecular weight excluding hydrogens is 178 g/mol. The predicted octanol–water partition coefficient (Wildman–Crippen LogP) is 0.843. The fourth-order valence-corrected chi connectivity index (χ4v) is 1.30. The fourth-order valence-electron chi connectivity index (χ4n) is 1.30. The van der Waals surface area contributed by atoms with Gasteiger partial charge in [0.05, 0.1) is 0 Å². The van der Waals surface area contributed by atoms with Crippen molar-refractivity contribution in [1.29, 1.82) is 0 Å². The third-order valence-electron chi connectivity index (χ3n) is 1.89. The normalized spacial score (nSPS) is 12.1. The van der Waals surface area contributed by atoms with Crippen molar-refractivity contribution in [1.82, 2.24) is 4.90 Å². The minimum atomic E-state index is 0.155. The second kappa shape index (κ2) is 4.62. The standard InChI is InChI=1S/C10H15N3O/c1-13(2)7-8-5-3-4-6-9(8)10(11)12-14/h3-6,14H,7H2,1-2H3,(H2,11,12). The summed E-state index contributed by atoms with van der Waals surface area (Å²) in [6.07, 6.45) is 0. The summed E-state index contributed by atoms with van der Waals surface area (Å²) >= 11 is 0. The molecule has 0 fully saturated rings. The Labute approximate surface area is 83.6 Å². The molecule has 4 heteroatoms. The summed E-state index contributed by atoms with van der Waals surface area (Å²) in [7, 11) is 3.95. The molecule has 0 saturated carbocycles. The molecule has 4 nitrogen and oxygen atoms in total. The van der Waals surface area contributed by atoms with Crippen LogP contribution in [0.1, 0.15) is 11.1 Å². The lowest BCUT2D eigenvalue weighted by molar-refractivity contribution is 0.318. The van der Waals surface area contributed by atoms with Crippen LogP contribution < -0.4 is 5.73 Å². The first-order valence-electron chi connectivity index (χ1n) is 4.35. The maximum atomic E-state index is 8.60. The number of hydrogen-bond donors (Lipinski definition) is 2. The first-order chi connectivity index (χ1) is 6.65. The van der Waals surface area contributed by atoms with Crippen LogP contribution in [0.25, 0.3) is 0 Å². The lowest BCUT2D eigenvalue weighted by Crippen LogP contribution is -2.19. The minimum absolute atomic E-state index is 0.155. The average Bonchev–Trinajstić information content (AvgIpc) is 2.16. The van der Waals surface area contributed by atoms with Crippen molar-refractivity contribution >= 4 is 5.84 Å². The van der Waals surface area contributed by atoms with E-state index in [4.69, 9.17) is 10.9 Å². The van der Waals surface area contributed by atoms with Gasteiger partial charge < -0.3 is 15.8 Å². The van der Waals surface area contributed by atoms with E-state index in [1.54, 1.807) is 0 Å². The van der Waals surface area contributed by atoms with Crippen molar-refractivity contribution in [3.8, 4) is 0 Å². The lowest BCUT2D eigenvalue weighted by atomic mass is 10.1. The van der Waals surface area contributed by atoms with Crippen molar-refractivity contribution in [3.05, 3.63) is 35.4 Å². The van der Waals surface area contributed by atoms with Crippen LogP contribution in [0, 0.1) is 0 Å². The van der Waals surface area contributed by atoms with Crippen LogP contribution in [0.5, 0.6) is 0 Å². The molecule has 0 unspecified atom stereocenters. The zero-order chi connectivity index (χ0) is 10.6. The van der Waals surface area contributed by atoms with Crippen LogP contribution in [0.4, 0.5) is 0 Å². The van der Waals surface area contributed by atoms with Gasteiger partial charge in [0, 0.05) is 12.1 Å². The maximum Gasteiger partial charge on any atom is 0.170 e. The van der Waals surface area contributed by atoms with E-state index in [1.807, 2.05) is 43.3 Å². The molecule has 76 valence electrons. The summed E-state index contributed by atoms with van der Waals surface area (Å²) in [5.41, 5.74) is 7.38. The Morgan fingerprint density at radius 3 is 2.64 bits per heavy atom. The van der Waals surface area contributed by atoms with E-state index in [2.05, 4.69) is 5.16 Å². The van der Waals surface area contributed by atoms with Gasteiger partial charge in [-0.2, -0.15) is 0 Å². The number of oxime groups is 1. The zero-order valence-electron chi connectivity index (χ0n) is 8.44. The number of nitrogens with two attached hydrogens (primary N) is 1. The van der Waals surface area contributed by atoms with Crippen molar-refractivity contribution in [3.63, 3.8) is 0 Å². The third-order valence-corrected chi connectivity index (χ3v) is 1.89. The highest BCUT2D eigenvalue weighted by molar-refractivity contribution is 5.98. The molecule has 0 aliphatic rings. The third kappa shape index (κ3) is 2.47. The Bertz CT molecular complexity index is 334. The molecule has 0 atom stereocenters. The highest BCUT2D eigenvalue weighted by atomic mass is 16.4. The van der Waals surface area contributed by atoms with Gasteiger partial charge in [0.25, 0.3) is 0 Å². The number of amidine groups is 1. The van der Waals surface area contributed by atoms with Crippen LogP contribution in [-0.4, -0.2) is 30.0 Å². The summed E-state index contributed by atoms with van der Waals surface area (Å²) < 4.78 is 0. The maximum absolute atomic E-state index is 8.60. The molecular formula is C10H15N3O. The summed E-state index contributed by atoms with van der Waals surface area (Å²) in [6, 6.07) is 7.61. The molecule has 0 aromatic heterocycles. The Kier molecular flexibility index (Phi) is 3.48. The summed E-state index contributed by atoms with van der Waals surface area (Å²) in [5.74, 6) is 0.155. The molecule has 1 rings (SSSR count). The van der Waals surface area contributed by atoms with Gasteiger partial charge in [-0.1, -0.05) is 29.4 Å². The van der Waals surface area contributed by atoms with Crippen LogP contribution >= 0.6 is 0 Å². The van der Waals surface area contributed by atoms with E-state index in [1.165, 1.54) is 0 Å². The molecule has 0 bridgehead atoms. The number of rotatable bonds is 3. The Morgan fingerprint density at radius 1 is 1.43 bits per heavy atom. The molecule has 0 aliphatic heterocycles. The van der Waals surface area contributed by atoms with Crippen LogP contribution in [-0.2, 0) is 6.54 Å². The topological polar surface area (TPSA) is 61.8 Å². The molecule has 1 aromatic carbocycles. The van der Waals surface area contributed by atoms with Gasteiger partial charge in [0.15, 0.2) is 5.84 Å². The lowest BCUT2D eigenvalue weighted by Gasteiger charge is -2.12. The van der Waals surface area contributed by atoms with Gasteiger partial charge in [-0.15, -0.1) is 0 Å². The van der Waals surface area contributed by atoms with Crippen molar-refractivity contribution in [2.75, 3.05) is 14.1 Å². The van der Waals surface area contributed by atoms with Crippen molar-refractivity contribution in [2.24, 2.45) is 10.9 Å². The molecule has 0 saturated heterocycles. The Hall–Kier alpha value is -1.55. The van der Waals surface area contributed by atoms with E-state index < -0.39 is 0 Å². The van der Waals surface area contributed by atoms with Gasteiger partial charge in [-0.3, -0.25) is 0 Å². The van der Waals surface area contributed by atoms with Crippen LogP contribution in [0.2, 0.25) is 0 Å². The molecule has 0 heterocycles.